The second-order valence-electron chi connectivity index (χ2n) is 7.97. The number of hydrogen-bond acceptors (Lipinski definition) is 2. The zero-order valence-corrected chi connectivity index (χ0v) is 17.6. The first kappa shape index (κ1) is 20.8. The molecule has 0 saturated heterocycles. The lowest BCUT2D eigenvalue weighted by Crippen LogP contribution is -2.47. The van der Waals surface area contributed by atoms with Gasteiger partial charge in [-0.25, -0.2) is 0 Å². The molecule has 0 amide bonds. The van der Waals surface area contributed by atoms with Gasteiger partial charge in [0.05, 0.1) is 0 Å². The van der Waals surface area contributed by atoms with Crippen LogP contribution in [0.1, 0.15) is 16.7 Å². The SMILES string of the molecule is O=C/C=C\C(Cc1ccccc1)(Cc1ccccc1)NCc1cccc2ccccc12. The molecule has 2 nitrogen and oxygen atoms in total. The normalized spacial score (nSPS) is 11.7. The summed E-state index contributed by atoms with van der Waals surface area (Å²) in [6.07, 6.45) is 6.10. The van der Waals surface area contributed by atoms with Crippen LogP contribution in [0.25, 0.3) is 10.8 Å². The van der Waals surface area contributed by atoms with Crippen molar-refractivity contribution in [2.45, 2.75) is 24.9 Å². The molecule has 0 aliphatic heterocycles. The molecule has 0 bridgehead atoms. The van der Waals surface area contributed by atoms with E-state index in [-0.39, 0.29) is 5.54 Å². The standard InChI is InChI=1S/C29H27NO/c31-20-10-19-29(21-24-11-3-1-4-12-24,22-25-13-5-2-6-14-25)30-23-27-17-9-16-26-15-7-8-18-28(26)27/h1-20,30H,21-23H2/b19-10-. The van der Waals surface area contributed by atoms with Crippen LogP contribution in [0.3, 0.4) is 0 Å². The molecule has 0 aliphatic carbocycles. The Morgan fingerprint density at radius 1 is 0.677 bits per heavy atom. The molecule has 0 spiro atoms. The minimum atomic E-state index is -0.388. The monoisotopic (exact) mass is 405 g/mol. The predicted octanol–water partition coefficient (Wildman–Crippen LogP) is 5.91. The maximum Gasteiger partial charge on any atom is 0.142 e. The zero-order valence-electron chi connectivity index (χ0n) is 17.6. The number of benzene rings is 4. The fourth-order valence-corrected chi connectivity index (χ4v) is 4.23. The largest absolute Gasteiger partial charge is 0.303 e. The van der Waals surface area contributed by atoms with Crippen LogP contribution in [-0.4, -0.2) is 11.8 Å². The lowest BCUT2D eigenvalue weighted by atomic mass is 9.83. The Morgan fingerprint density at radius 3 is 1.90 bits per heavy atom. The Bertz CT molecular complexity index is 1100. The number of nitrogens with one attached hydrogen (secondary N) is 1. The summed E-state index contributed by atoms with van der Waals surface area (Å²) in [5.41, 5.74) is 3.34. The third-order valence-electron chi connectivity index (χ3n) is 5.73. The van der Waals surface area contributed by atoms with Gasteiger partial charge in [-0.05, 0) is 46.4 Å². The Labute approximate surface area is 184 Å². The molecule has 2 heteroatoms. The highest BCUT2D eigenvalue weighted by atomic mass is 16.1. The quantitative estimate of drug-likeness (QED) is 0.277. The van der Waals surface area contributed by atoms with Crippen molar-refractivity contribution < 1.29 is 4.79 Å². The summed E-state index contributed by atoms with van der Waals surface area (Å²) in [4.78, 5) is 11.3. The number of carbonyl (C=O) groups is 1. The molecule has 4 rings (SSSR count). The molecular weight excluding hydrogens is 378 g/mol. The molecule has 0 aromatic heterocycles. The van der Waals surface area contributed by atoms with E-state index in [4.69, 9.17) is 0 Å². The van der Waals surface area contributed by atoms with Crippen molar-refractivity contribution in [3.05, 3.63) is 132 Å². The zero-order chi connectivity index (χ0) is 21.4. The van der Waals surface area contributed by atoms with Gasteiger partial charge in [0.2, 0.25) is 0 Å². The molecule has 0 fully saturated rings. The number of fused-ring (bicyclic) bond motifs is 1. The van der Waals surface area contributed by atoms with Crippen molar-refractivity contribution in [3.8, 4) is 0 Å². The highest BCUT2D eigenvalue weighted by molar-refractivity contribution is 5.85. The Kier molecular flexibility index (Phi) is 6.71. The van der Waals surface area contributed by atoms with E-state index in [0.717, 1.165) is 19.1 Å². The van der Waals surface area contributed by atoms with Crippen molar-refractivity contribution >= 4 is 17.1 Å². The minimum absolute atomic E-state index is 0.388. The Hall–Kier alpha value is -3.49. The fourth-order valence-electron chi connectivity index (χ4n) is 4.23. The van der Waals surface area contributed by atoms with Crippen LogP contribution in [0.2, 0.25) is 0 Å². The molecule has 0 unspecified atom stereocenters. The van der Waals surface area contributed by atoms with E-state index in [0.29, 0.717) is 6.54 Å². The smallest absolute Gasteiger partial charge is 0.142 e. The van der Waals surface area contributed by atoms with Crippen molar-refractivity contribution in [3.63, 3.8) is 0 Å². The number of rotatable bonds is 9. The summed E-state index contributed by atoms with van der Waals surface area (Å²) in [6, 6.07) is 35.8. The molecule has 0 aliphatic rings. The van der Waals surface area contributed by atoms with Crippen LogP contribution in [0.4, 0.5) is 0 Å². The topological polar surface area (TPSA) is 29.1 Å². The number of allylic oxidation sites excluding steroid dienone is 1. The van der Waals surface area contributed by atoms with E-state index < -0.39 is 0 Å². The molecule has 31 heavy (non-hydrogen) atoms. The second-order valence-corrected chi connectivity index (χ2v) is 7.97. The average molecular weight is 406 g/mol. The minimum Gasteiger partial charge on any atom is -0.303 e. The van der Waals surface area contributed by atoms with Gasteiger partial charge in [-0.2, -0.15) is 0 Å². The van der Waals surface area contributed by atoms with Crippen molar-refractivity contribution in [2.24, 2.45) is 0 Å². The molecule has 0 saturated carbocycles. The highest BCUT2D eigenvalue weighted by Gasteiger charge is 2.27. The molecule has 0 atom stereocenters. The van der Waals surface area contributed by atoms with Gasteiger partial charge in [0.25, 0.3) is 0 Å². The number of aldehydes is 1. The van der Waals surface area contributed by atoms with Crippen molar-refractivity contribution in [2.75, 3.05) is 0 Å². The Morgan fingerprint density at radius 2 is 1.26 bits per heavy atom. The first-order valence-corrected chi connectivity index (χ1v) is 10.7. The van der Waals surface area contributed by atoms with E-state index in [1.807, 2.05) is 18.2 Å². The molecule has 0 heterocycles. The van der Waals surface area contributed by atoms with Crippen molar-refractivity contribution in [1.82, 2.24) is 5.32 Å². The third kappa shape index (κ3) is 5.36. The third-order valence-corrected chi connectivity index (χ3v) is 5.73. The van der Waals surface area contributed by atoms with Crippen LogP contribution < -0.4 is 5.32 Å². The predicted molar refractivity (Wildman–Crippen MR) is 129 cm³/mol. The number of carbonyl (C=O) groups excluding carboxylic acids is 1. The van der Waals surface area contributed by atoms with E-state index in [9.17, 15) is 4.79 Å². The molecule has 4 aromatic rings. The van der Waals surface area contributed by atoms with E-state index in [1.165, 1.54) is 27.5 Å². The van der Waals surface area contributed by atoms with Crippen molar-refractivity contribution in [1.29, 1.82) is 0 Å². The van der Waals surface area contributed by atoms with E-state index in [1.54, 1.807) is 6.08 Å². The van der Waals surface area contributed by atoms with E-state index in [2.05, 4.69) is 96.3 Å². The maximum absolute atomic E-state index is 11.3. The van der Waals surface area contributed by atoms with Crippen LogP contribution in [0.5, 0.6) is 0 Å². The fraction of sp³-hybridized carbons (Fsp3) is 0.138. The maximum atomic E-state index is 11.3. The van der Waals surface area contributed by atoms with Gasteiger partial charge in [-0.3, -0.25) is 4.79 Å². The molecule has 154 valence electrons. The summed E-state index contributed by atoms with van der Waals surface area (Å²) in [7, 11) is 0. The van der Waals surface area contributed by atoms with Gasteiger partial charge in [-0.1, -0.05) is 109 Å². The summed E-state index contributed by atoms with van der Waals surface area (Å²) >= 11 is 0. The van der Waals surface area contributed by atoms with Crippen LogP contribution >= 0.6 is 0 Å². The molecule has 4 aromatic carbocycles. The Balaban J connectivity index is 1.70. The van der Waals surface area contributed by atoms with Gasteiger partial charge < -0.3 is 5.32 Å². The average Bonchev–Trinajstić information content (AvgIpc) is 2.83. The summed E-state index contributed by atoms with van der Waals surface area (Å²) in [5, 5.41) is 6.32. The highest BCUT2D eigenvalue weighted by Crippen LogP contribution is 2.24. The van der Waals surface area contributed by atoms with Crippen LogP contribution in [0, 0.1) is 0 Å². The summed E-state index contributed by atoms with van der Waals surface area (Å²) in [5.74, 6) is 0. The van der Waals surface area contributed by atoms with Crippen LogP contribution in [0.15, 0.2) is 115 Å². The van der Waals surface area contributed by atoms with Gasteiger partial charge in [0, 0.05) is 12.1 Å². The van der Waals surface area contributed by atoms with Crippen LogP contribution in [-0.2, 0) is 24.2 Å². The molecule has 0 radical (unpaired) electrons. The van der Waals surface area contributed by atoms with E-state index >= 15 is 0 Å². The van der Waals surface area contributed by atoms with Gasteiger partial charge in [0.15, 0.2) is 0 Å². The summed E-state index contributed by atoms with van der Waals surface area (Å²) < 4.78 is 0. The first-order chi connectivity index (χ1) is 15.3. The molecule has 1 N–H and O–H groups in total. The summed E-state index contributed by atoms with van der Waals surface area (Å²) in [6.45, 7) is 0.713. The second kappa shape index (κ2) is 10.0. The lowest BCUT2D eigenvalue weighted by Gasteiger charge is -2.33. The van der Waals surface area contributed by atoms with Gasteiger partial charge in [-0.15, -0.1) is 0 Å². The van der Waals surface area contributed by atoms with Gasteiger partial charge >= 0.3 is 0 Å². The number of hydrogen-bond donors (Lipinski definition) is 1. The molecular formula is C29H27NO. The first-order valence-electron chi connectivity index (χ1n) is 10.7. The van der Waals surface area contributed by atoms with Gasteiger partial charge in [0.1, 0.15) is 6.29 Å². The lowest BCUT2D eigenvalue weighted by molar-refractivity contribution is -0.104.